The number of aryl methyl sites for hydroxylation is 1. The molecule has 0 aliphatic rings. The Morgan fingerprint density at radius 1 is 1.07 bits per heavy atom. The fourth-order valence-corrected chi connectivity index (χ4v) is 4.34. The minimum absolute atomic E-state index is 0.0669. The van der Waals surface area contributed by atoms with Crippen LogP contribution in [0, 0.1) is 6.92 Å². The number of rotatable bonds is 7. The minimum Gasteiger partial charge on any atom is -0.497 e. The van der Waals surface area contributed by atoms with Crippen LogP contribution in [-0.4, -0.2) is 29.5 Å². The van der Waals surface area contributed by atoms with E-state index in [4.69, 9.17) is 4.74 Å². The summed E-state index contributed by atoms with van der Waals surface area (Å²) in [6, 6.07) is 17.5. The quantitative estimate of drug-likeness (QED) is 0.436. The summed E-state index contributed by atoms with van der Waals surface area (Å²) in [6.07, 6.45) is 1.88. The third-order valence-corrected chi connectivity index (χ3v) is 5.76. The molecule has 2 aromatic carbocycles. The summed E-state index contributed by atoms with van der Waals surface area (Å²) in [5.74, 6) is 1.44. The second kappa shape index (κ2) is 8.92. The molecule has 4 rings (SSSR count). The van der Waals surface area contributed by atoms with Gasteiger partial charge in [-0.3, -0.25) is 4.79 Å². The van der Waals surface area contributed by atoms with Gasteiger partial charge in [-0.2, -0.15) is 0 Å². The molecule has 0 spiro atoms. The van der Waals surface area contributed by atoms with Gasteiger partial charge in [-0.25, -0.2) is 9.97 Å². The zero-order valence-electron chi connectivity index (χ0n) is 16.8. The number of methoxy groups -OCH3 is 1. The van der Waals surface area contributed by atoms with Crippen LogP contribution < -0.4 is 15.4 Å². The summed E-state index contributed by atoms with van der Waals surface area (Å²) in [5, 5.41) is 7.22. The molecule has 6 nitrogen and oxygen atoms in total. The number of carbonyl (C=O) groups excluding carboxylic acids is 1. The number of thiophene rings is 1. The number of hydrogen-bond acceptors (Lipinski definition) is 6. The van der Waals surface area contributed by atoms with Gasteiger partial charge >= 0.3 is 0 Å². The van der Waals surface area contributed by atoms with Crippen molar-refractivity contribution in [1.29, 1.82) is 0 Å². The Bertz CT molecular complexity index is 1160. The molecular formula is C23H22N4O2S. The Labute approximate surface area is 179 Å². The lowest BCUT2D eigenvalue weighted by molar-refractivity contribution is -0.115. The Morgan fingerprint density at radius 2 is 1.83 bits per heavy atom. The number of fused-ring (bicyclic) bond motifs is 1. The summed E-state index contributed by atoms with van der Waals surface area (Å²) in [5.41, 5.74) is 3.02. The highest BCUT2D eigenvalue weighted by Gasteiger charge is 2.16. The lowest BCUT2D eigenvalue weighted by atomic mass is 10.0. The first-order valence-corrected chi connectivity index (χ1v) is 10.4. The van der Waals surface area contributed by atoms with Crippen molar-refractivity contribution >= 4 is 39.0 Å². The summed E-state index contributed by atoms with van der Waals surface area (Å²) in [4.78, 5) is 23.3. The van der Waals surface area contributed by atoms with E-state index in [1.54, 1.807) is 24.8 Å². The van der Waals surface area contributed by atoms with Crippen molar-refractivity contribution in [3.05, 3.63) is 65.8 Å². The van der Waals surface area contributed by atoms with E-state index < -0.39 is 0 Å². The molecule has 4 aromatic rings. The molecule has 0 radical (unpaired) electrons. The summed E-state index contributed by atoms with van der Waals surface area (Å²) in [7, 11) is 1.61. The molecule has 0 saturated carbocycles. The van der Waals surface area contributed by atoms with Crippen molar-refractivity contribution in [2.24, 2.45) is 0 Å². The van der Waals surface area contributed by atoms with Crippen LogP contribution in [0.1, 0.15) is 11.3 Å². The molecule has 0 atom stereocenters. The van der Waals surface area contributed by atoms with Gasteiger partial charge in [0.1, 0.15) is 22.7 Å². The number of hydrogen-bond donors (Lipinski definition) is 2. The fraction of sp³-hybridized carbons (Fsp3) is 0.174. The average molecular weight is 419 g/mol. The number of nitrogens with one attached hydrogen (secondary N) is 2. The molecule has 30 heavy (non-hydrogen) atoms. The van der Waals surface area contributed by atoms with E-state index in [0.29, 0.717) is 13.0 Å². The summed E-state index contributed by atoms with van der Waals surface area (Å²) < 4.78 is 5.13. The van der Waals surface area contributed by atoms with Crippen molar-refractivity contribution < 1.29 is 9.53 Å². The topological polar surface area (TPSA) is 76.1 Å². The van der Waals surface area contributed by atoms with Crippen molar-refractivity contribution in [3.8, 4) is 16.9 Å². The van der Waals surface area contributed by atoms with Crippen LogP contribution in [0.3, 0.4) is 0 Å². The van der Waals surface area contributed by atoms with Gasteiger partial charge in [0.25, 0.3) is 0 Å². The second-order valence-corrected chi connectivity index (χ2v) is 7.96. The van der Waals surface area contributed by atoms with Crippen molar-refractivity contribution in [1.82, 2.24) is 9.97 Å². The Hall–Kier alpha value is -3.45. The molecular weight excluding hydrogens is 396 g/mol. The average Bonchev–Trinajstić information content (AvgIpc) is 3.11. The molecule has 0 bridgehead atoms. The van der Waals surface area contributed by atoms with E-state index in [2.05, 4.69) is 39.7 Å². The van der Waals surface area contributed by atoms with E-state index in [1.807, 2.05) is 42.5 Å². The molecule has 0 aliphatic heterocycles. The molecule has 0 unspecified atom stereocenters. The lowest BCUT2D eigenvalue weighted by Gasteiger charge is -2.10. The van der Waals surface area contributed by atoms with Crippen LogP contribution in [0.2, 0.25) is 0 Å². The van der Waals surface area contributed by atoms with Crippen LogP contribution in [0.25, 0.3) is 21.3 Å². The molecule has 152 valence electrons. The van der Waals surface area contributed by atoms with Gasteiger partial charge in [-0.15, -0.1) is 11.3 Å². The Balaban J connectivity index is 1.47. The second-order valence-electron chi connectivity index (χ2n) is 6.76. The highest BCUT2D eigenvalue weighted by molar-refractivity contribution is 7.19. The van der Waals surface area contributed by atoms with E-state index in [-0.39, 0.29) is 5.91 Å². The zero-order chi connectivity index (χ0) is 20.9. The minimum atomic E-state index is -0.0669. The van der Waals surface area contributed by atoms with E-state index in [0.717, 1.165) is 38.6 Å². The number of amides is 1. The standard InChI is InChI=1S/C23H22N4O2S/c1-15-20(16-6-4-3-5-7-16)21-22(25-14-26-23(21)30-15)24-13-12-19(28)27-17-8-10-18(29-2)11-9-17/h3-11,14H,12-13H2,1-2H3,(H,27,28)(H,24,25,26). The SMILES string of the molecule is COc1ccc(NC(=O)CCNc2ncnc3sc(C)c(-c4ccccc4)c23)cc1. The van der Waals surface area contributed by atoms with Gasteiger partial charge in [0.05, 0.1) is 12.5 Å². The predicted molar refractivity (Wildman–Crippen MR) is 122 cm³/mol. The number of anilines is 2. The number of nitrogens with zero attached hydrogens (tertiary/aromatic N) is 2. The van der Waals surface area contributed by atoms with Crippen molar-refractivity contribution in [2.75, 3.05) is 24.3 Å². The molecule has 0 aliphatic carbocycles. The first-order chi connectivity index (χ1) is 14.7. The van der Waals surface area contributed by atoms with Crippen LogP contribution >= 0.6 is 11.3 Å². The first-order valence-electron chi connectivity index (χ1n) is 9.63. The van der Waals surface area contributed by atoms with Gasteiger partial charge < -0.3 is 15.4 Å². The maximum Gasteiger partial charge on any atom is 0.226 e. The molecule has 2 heterocycles. The highest BCUT2D eigenvalue weighted by atomic mass is 32.1. The van der Waals surface area contributed by atoms with Gasteiger partial charge in [0, 0.05) is 29.1 Å². The molecule has 2 aromatic heterocycles. The number of ether oxygens (including phenoxy) is 1. The normalized spacial score (nSPS) is 10.7. The van der Waals surface area contributed by atoms with Gasteiger partial charge in [0.2, 0.25) is 5.91 Å². The van der Waals surface area contributed by atoms with E-state index in [1.165, 1.54) is 4.88 Å². The van der Waals surface area contributed by atoms with Crippen LogP contribution in [0.15, 0.2) is 60.9 Å². The molecule has 0 fully saturated rings. The van der Waals surface area contributed by atoms with Crippen LogP contribution in [0.4, 0.5) is 11.5 Å². The number of carbonyl (C=O) groups is 1. The monoisotopic (exact) mass is 418 g/mol. The first kappa shape index (κ1) is 19.8. The molecule has 0 saturated heterocycles. The van der Waals surface area contributed by atoms with Crippen molar-refractivity contribution in [3.63, 3.8) is 0 Å². The highest BCUT2D eigenvalue weighted by Crippen LogP contribution is 2.40. The molecule has 2 N–H and O–H groups in total. The van der Waals surface area contributed by atoms with E-state index in [9.17, 15) is 4.79 Å². The summed E-state index contributed by atoms with van der Waals surface area (Å²) >= 11 is 1.65. The number of aromatic nitrogens is 2. The van der Waals surface area contributed by atoms with Crippen LogP contribution in [0.5, 0.6) is 5.75 Å². The Morgan fingerprint density at radius 3 is 2.57 bits per heavy atom. The molecule has 7 heteroatoms. The number of benzene rings is 2. The summed E-state index contributed by atoms with van der Waals surface area (Å²) in [6.45, 7) is 2.57. The van der Waals surface area contributed by atoms with Crippen molar-refractivity contribution in [2.45, 2.75) is 13.3 Å². The Kier molecular flexibility index (Phi) is 5.90. The predicted octanol–water partition coefficient (Wildman–Crippen LogP) is 5.12. The van der Waals surface area contributed by atoms with Gasteiger partial charge in [0.15, 0.2) is 0 Å². The van der Waals surface area contributed by atoms with Gasteiger partial charge in [-0.1, -0.05) is 30.3 Å². The zero-order valence-corrected chi connectivity index (χ0v) is 17.6. The fourth-order valence-electron chi connectivity index (χ4n) is 3.32. The maximum atomic E-state index is 12.3. The van der Waals surface area contributed by atoms with Gasteiger partial charge in [-0.05, 0) is 36.8 Å². The largest absolute Gasteiger partial charge is 0.497 e. The smallest absolute Gasteiger partial charge is 0.226 e. The van der Waals surface area contributed by atoms with E-state index >= 15 is 0 Å². The van der Waals surface area contributed by atoms with Crippen LogP contribution in [-0.2, 0) is 4.79 Å². The third-order valence-electron chi connectivity index (χ3n) is 4.75. The maximum absolute atomic E-state index is 12.3. The third kappa shape index (κ3) is 4.26. The lowest BCUT2D eigenvalue weighted by Crippen LogP contribution is -2.16. The molecule has 1 amide bonds.